The predicted molar refractivity (Wildman–Crippen MR) is 127 cm³/mol. The van der Waals surface area contributed by atoms with Gasteiger partial charge in [0, 0.05) is 27.1 Å². The first-order valence-corrected chi connectivity index (χ1v) is 11.7. The van der Waals surface area contributed by atoms with Crippen LogP contribution in [0, 0.1) is 0 Å². The molecule has 0 saturated heterocycles. The van der Waals surface area contributed by atoms with E-state index in [1.54, 1.807) is 48.5 Å². The Kier molecular flexibility index (Phi) is 5.93. The molecule has 0 unspecified atom stereocenters. The van der Waals surface area contributed by atoms with E-state index in [0.717, 1.165) is 10.0 Å². The van der Waals surface area contributed by atoms with E-state index in [2.05, 4.69) is 47.8 Å². The van der Waals surface area contributed by atoms with Crippen molar-refractivity contribution >= 4 is 65.1 Å². The maximum Gasteiger partial charge on any atom is 0.188 e. The minimum absolute atomic E-state index is 0.202. The third kappa shape index (κ3) is 3.45. The molecule has 30 heavy (non-hydrogen) atoms. The van der Waals surface area contributed by atoms with Crippen LogP contribution in [0.25, 0.3) is 0 Å². The number of Topliss-reactive ketones (excluding diaryl/α,β-unsaturated/α-hetero) is 3. The topological polar surface area (TPSA) is 51.2 Å². The summed E-state index contributed by atoms with van der Waals surface area (Å²) in [4.78, 5) is 39.4. The number of hydrogen-bond donors (Lipinski definition) is 0. The van der Waals surface area contributed by atoms with E-state index in [9.17, 15) is 14.4 Å². The molecule has 0 saturated carbocycles. The van der Waals surface area contributed by atoms with Gasteiger partial charge in [-0.25, -0.2) is 0 Å². The van der Waals surface area contributed by atoms with Gasteiger partial charge in [0.05, 0.1) is 4.83 Å². The molecule has 3 aromatic rings. The monoisotopic (exact) mass is 588 g/mol. The second-order valence-corrected chi connectivity index (χ2v) is 10.2. The quantitative estimate of drug-likeness (QED) is 0.197. The summed E-state index contributed by atoms with van der Waals surface area (Å²) in [6, 6.07) is 23.0. The van der Waals surface area contributed by atoms with Gasteiger partial charge in [-0.1, -0.05) is 115 Å². The van der Waals surface area contributed by atoms with Gasteiger partial charge in [0.1, 0.15) is 0 Å². The van der Waals surface area contributed by atoms with Gasteiger partial charge in [0.2, 0.25) is 0 Å². The van der Waals surface area contributed by atoms with Crippen LogP contribution in [0.5, 0.6) is 0 Å². The summed E-state index contributed by atoms with van der Waals surface area (Å²) in [7, 11) is 0. The molecule has 0 radical (unpaired) electrons. The van der Waals surface area contributed by atoms with E-state index >= 15 is 0 Å². The summed E-state index contributed by atoms with van der Waals surface area (Å²) < 4.78 is -0.713. The number of fused-ring (bicyclic) bond motifs is 1. The largest absolute Gasteiger partial charge is 0.293 e. The number of carbonyl (C=O) groups is 3. The number of carbonyl (C=O) groups excluding carboxylic acids is 3. The van der Waals surface area contributed by atoms with Crippen molar-refractivity contribution in [3.05, 3.63) is 106 Å². The molecule has 3 aromatic carbocycles. The Morgan fingerprint density at radius 2 is 1.27 bits per heavy atom. The van der Waals surface area contributed by atoms with E-state index in [1.165, 1.54) is 0 Å². The molecule has 0 heterocycles. The SMILES string of the molecule is O=C(c1ccc(Br)cc1)[C@@H](Br)[C@H](c1ccccc1)C1(Br)C(=O)c2ccccc2C1=O. The molecule has 3 nitrogen and oxygen atoms in total. The van der Waals surface area contributed by atoms with Crippen molar-refractivity contribution in [3.63, 3.8) is 0 Å². The van der Waals surface area contributed by atoms with Gasteiger partial charge < -0.3 is 0 Å². The summed E-state index contributed by atoms with van der Waals surface area (Å²) in [6.45, 7) is 0. The first-order chi connectivity index (χ1) is 14.4. The molecule has 6 heteroatoms. The molecule has 0 N–H and O–H groups in total. The van der Waals surface area contributed by atoms with E-state index in [-0.39, 0.29) is 17.3 Å². The third-order valence-corrected chi connectivity index (χ3v) is 8.02. The Morgan fingerprint density at radius 1 is 0.767 bits per heavy atom. The average molecular weight is 591 g/mol. The zero-order chi connectivity index (χ0) is 21.5. The van der Waals surface area contributed by atoms with Crippen molar-refractivity contribution in [3.8, 4) is 0 Å². The smallest absolute Gasteiger partial charge is 0.188 e. The van der Waals surface area contributed by atoms with Crippen LogP contribution in [0.3, 0.4) is 0 Å². The van der Waals surface area contributed by atoms with Gasteiger partial charge in [0.15, 0.2) is 21.7 Å². The number of halogens is 3. The molecule has 150 valence electrons. The van der Waals surface area contributed by atoms with E-state index < -0.39 is 15.1 Å². The van der Waals surface area contributed by atoms with Crippen LogP contribution in [-0.2, 0) is 0 Å². The molecular weight excluding hydrogens is 576 g/mol. The normalized spacial score (nSPS) is 16.8. The van der Waals surface area contributed by atoms with Crippen LogP contribution in [0.15, 0.2) is 83.3 Å². The minimum Gasteiger partial charge on any atom is -0.293 e. The molecule has 2 atom stereocenters. The lowest BCUT2D eigenvalue weighted by atomic mass is 9.78. The predicted octanol–water partition coefficient (Wildman–Crippen LogP) is 6.39. The van der Waals surface area contributed by atoms with Crippen molar-refractivity contribution in [2.75, 3.05) is 0 Å². The van der Waals surface area contributed by atoms with Gasteiger partial charge in [-0.2, -0.15) is 0 Å². The summed E-state index contributed by atoms with van der Waals surface area (Å²) in [5.74, 6) is -1.61. The molecule has 0 spiro atoms. The Morgan fingerprint density at radius 3 is 1.80 bits per heavy atom. The van der Waals surface area contributed by atoms with Crippen molar-refractivity contribution in [1.29, 1.82) is 0 Å². The lowest BCUT2D eigenvalue weighted by molar-refractivity contribution is 0.0844. The number of alkyl halides is 2. The first kappa shape index (κ1) is 21.3. The van der Waals surface area contributed by atoms with Crippen molar-refractivity contribution in [2.24, 2.45) is 0 Å². The third-order valence-electron chi connectivity index (χ3n) is 5.34. The maximum absolute atomic E-state index is 13.4. The molecule has 0 aromatic heterocycles. The standard InChI is InChI=1S/C24H15Br3O3/c25-16-12-10-15(11-13-16)21(28)20(26)19(14-6-2-1-3-7-14)24(27)22(29)17-8-4-5-9-18(17)23(24)30/h1-13,19-20H/t19-,20-/m0/s1. The zero-order valence-electron chi connectivity index (χ0n) is 15.5. The summed E-state index contributed by atoms with van der Waals surface area (Å²) in [5, 5.41) is 0. The van der Waals surface area contributed by atoms with Crippen molar-refractivity contribution in [2.45, 2.75) is 15.1 Å². The molecular formula is C24H15Br3O3. The lowest BCUT2D eigenvalue weighted by Gasteiger charge is -2.33. The van der Waals surface area contributed by atoms with E-state index in [1.807, 2.05) is 30.3 Å². The van der Waals surface area contributed by atoms with Crippen LogP contribution in [0.1, 0.15) is 42.6 Å². The van der Waals surface area contributed by atoms with Gasteiger partial charge in [-0.3, -0.25) is 14.4 Å². The molecule has 1 aliphatic carbocycles. The summed E-state index contributed by atoms with van der Waals surface area (Å²) in [5.41, 5.74) is 1.95. The minimum atomic E-state index is -1.57. The van der Waals surface area contributed by atoms with Crippen LogP contribution in [0.2, 0.25) is 0 Å². The second kappa shape index (κ2) is 8.33. The molecule has 0 amide bonds. The molecule has 1 aliphatic rings. The Bertz CT molecular complexity index is 1100. The highest BCUT2D eigenvalue weighted by molar-refractivity contribution is 9.11. The van der Waals surface area contributed by atoms with Crippen LogP contribution < -0.4 is 0 Å². The van der Waals surface area contributed by atoms with Gasteiger partial charge in [-0.05, 0) is 17.7 Å². The Labute approximate surface area is 199 Å². The van der Waals surface area contributed by atoms with Crippen molar-refractivity contribution in [1.82, 2.24) is 0 Å². The lowest BCUT2D eigenvalue weighted by Crippen LogP contribution is -2.46. The van der Waals surface area contributed by atoms with E-state index in [0.29, 0.717) is 16.7 Å². The fourth-order valence-electron chi connectivity index (χ4n) is 3.84. The Balaban J connectivity index is 1.84. The fraction of sp³-hybridized carbons (Fsp3) is 0.125. The average Bonchev–Trinajstić information content (AvgIpc) is 2.96. The molecule has 0 aliphatic heterocycles. The molecule has 0 bridgehead atoms. The number of benzene rings is 3. The highest BCUT2D eigenvalue weighted by atomic mass is 79.9. The summed E-state index contributed by atoms with van der Waals surface area (Å²) in [6.07, 6.45) is 0. The van der Waals surface area contributed by atoms with Crippen LogP contribution >= 0.6 is 47.8 Å². The van der Waals surface area contributed by atoms with Gasteiger partial charge in [-0.15, -0.1) is 0 Å². The first-order valence-electron chi connectivity index (χ1n) is 9.22. The highest BCUT2D eigenvalue weighted by Gasteiger charge is 2.59. The fourth-order valence-corrected chi connectivity index (χ4v) is 6.38. The van der Waals surface area contributed by atoms with Crippen LogP contribution in [-0.4, -0.2) is 26.5 Å². The zero-order valence-corrected chi connectivity index (χ0v) is 20.3. The second-order valence-electron chi connectivity index (χ2n) is 7.08. The van der Waals surface area contributed by atoms with Crippen LogP contribution in [0.4, 0.5) is 0 Å². The van der Waals surface area contributed by atoms with Gasteiger partial charge >= 0.3 is 0 Å². The van der Waals surface area contributed by atoms with E-state index in [4.69, 9.17) is 0 Å². The summed E-state index contributed by atoms with van der Waals surface area (Å²) >= 11 is 10.4. The van der Waals surface area contributed by atoms with Gasteiger partial charge in [0.25, 0.3) is 0 Å². The van der Waals surface area contributed by atoms with Crippen molar-refractivity contribution < 1.29 is 14.4 Å². The number of hydrogen-bond acceptors (Lipinski definition) is 3. The Hall–Kier alpha value is -1.89. The number of ketones is 3. The number of rotatable bonds is 5. The highest BCUT2D eigenvalue weighted by Crippen LogP contribution is 2.49. The molecule has 4 rings (SSSR count). The maximum atomic E-state index is 13.4. The molecule has 0 fully saturated rings.